The summed E-state index contributed by atoms with van der Waals surface area (Å²) < 4.78 is 0. The van der Waals surface area contributed by atoms with Gasteiger partial charge in [0, 0.05) is 32.3 Å². The highest BCUT2D eigenvalue weighted by Crippen LogP contribution is 2.24. The van der Waals surface area contributed by atoms with Crippen LogP contribution in [0.2, 0.25) is 0 Å². The number of unbranched alkanes of at least 4 members (excludes halogenated alkanes) is 2. The van der Waals surface area contributed by atoms with Crippen LogP contribution in [0.5, 0.6) is 0 Å². The van der Waals surface area contributed by atoms with E-state index in [1.54, 1.807) is 6.33 Å². The van der Waals surface area contributed by atoms with E-state index in [4.69, 9.17) is 5.11 Å². The predicted octanol–water partition coefficient (Wildman–Crippen LogP) is 2.85. The van der Waals surface area contributed by atoms with E-state index in [9.17, 15) is 0 Å². The van der Waals surface area contributed by atoms with Crippen LogP contribution < -0.4 is 10.2 Å². The molecule has 0 aliphatic carbocycles. The molecular formula is C16H30N4O. The first-order chi connectivity index (χ1) is 10.2. The third kappa shape index (κ3) is 5.87. The van der Waals surface area contributed by atoms with Crippen LogP contribution in [0.4, 0.5) is 11.6 Å². The minimum absolute atomic E-state index is 0.281. The molecule has 0 unspecified atom stereocenters. The molecule has 0 saturated carbocycles. The molecule has 2 N–H and O–H groups in total. The number of rotatable bonds is 11. The van der Waals surface area contributed by atoms with Crippen molar-refractivity contribution in [2.75, 3.05) is 37.0 Å². The quantitative estimate of drug-likeness (QED) is 0.615. The van der Waals surface area contributed by atoms with Crippen LogP contribution in [0.3, 0.4) is 0 Å². The highest BCUT2D eigenvalue weighted by Gasteiger charge is 2.13. The molecule has 0 atom stereocenters. The molecular weight excluding hydrogens is 264 g/mol. The third-order valence-corrected chi connectivity index (χ3v) is 3.48. The molecule has 0 fully saturated rings. The SMILES string of the molecule is CCCNc1ncnc(N(C)CCCCCO)c1CCC. The highest BCUT2D eigenvalue weighted by atomic mass is 16.2. The molecule has 5 heteroatoms. The maximum atomic E-state index is 8.84. The number of aliphatic hydroxyl groups excluding tert-OH is 1. The van der Waals surface area contributed by atoms with Crippen LogP contribution in [0.1, 0.15) is 51.5 Å². The highest BCUT2D eigenvalue weighted by molar-refractivity contribution is 5.58. The maximum absolute atomic E-state index is 8.84. The Labute approximate surface area is 128 Å². The van der Waals surface area contributed by atoms with E-state index < -0.39 is 0 Å². The summed E-state index contributed by atoms with van der Waals surface area (Å²) in [7, 11) is 2.09. The molecule has 0 radical (unpaired) electrons. The van der Waals surface area contributed by atoms with Gasteiger partial charge in [0.15, 0.2) is 0 Å². The average molecular weight is 294 g/mol. The second-order valence-corrected chi connectivity index (χ2v) is 5.41. The molecule has 120 valence electrons. The number of nitrogens with zero attached hydrogens (tertiary/aromatic N) is 3. The van der Waals surface area contributed by atoms with Crippen LogP contribution in [0.25, 0.3) is 0 Å². The van der Waals surface area contributed by atoms with Gasteiger partial charge in [0.05, 0.1) is 0 Å². The zero-order valence-electron chi connectivity index (χ0n) is 13.7. The number of nitrogens with one attached hydrogen (secondary N) is 1. The molecule has 1 rings (SSSR count). The summed E-state index contributed by atoms with van der Waals surface area (Å²) in [5, 5.41) is 12.2. The zero-order chi connectivity index (χ0) is 15.5. The average Bonchev–Trinajstić information content (AvgIpc) is 2.50. The normalized spacial score (nSPS) is 10.7. The molecule has 1 heterocycles. The van der Waals surface area contributed by atoms with E-state index in [-0.39, 0.29) is 6.61 Å². The lowest BCUT2D eigenvalue weighted by Gasteiger charge is -2.22. The number of anilines is 2. The topological polar surface area (TPSA) is 61.3 Å². The second kappa shape index (κ2) is 10.4. The maximum Gasteiger partial charge on any atom is 0.137 e. The number of hydrogen-bond donors (Lipinski definition) is 2. The lowest BCUT2D eigenvalue weighted by atomic mass is 10.1. The molecule has 0 aromatic carbocycles. The molecule has 1 aromatic heterocycles. The van der Waals surface area contributed by atoms with Crippen molar-refractivity contribution in [1.82, 2.24) is 9.97 Å². The van der Waals surface area contributed by atoms with Gasteiger partial charge in [0.2, 0.25) is 0 Å². The number of aliphatic hydroxyl groups is 1. The largest absolute Gasteiger partial charge is 0.396 e. The van der Waals surface area contributed by atoms with Crippen LogP contribution >= 0.6 is 0 Å². The van der Waals surface area contributed by atoms with Gasteiger partial charge in [-0.2, -0.15) is 0 Å². The first-order valence-electron chi connectivity index (χ1n) is 8.14. The van der Waals surface area contributed by atoms with E-state index in [1.807, 2.05) is 0 Å². The van der Waals surface area contributed by atoms with Gasteiger partial charge >= 0.3 is 0 Å². The Balaban J connectivity index is 2.78. The van der Waals surface area contributed by atoms with Crippen molar-refractivity contribution in [3.05, 3.63) is 11.9 Å². The summed E-state index contributed by atoms with van der Waals surface area (Å²) in [6, 6.07) is 0. The fourth-order valence-electron chi connectivity index (χ4n) is 2.35. The fourth-order valence-corrected chi connectivity index (χ4v) is 2.35. The van der Waals surface area contributed by atoms with E-state index in [2.05, 4.69) is 41.1 Å². The molecule has 0 aliphatic heterocycles. The summed E-state index contributed by atoms with van der Waals surface area (Å²) in [5.74, 6) is 2.01. The Morgan fingerprint density at radius 1 is 1.14 bits per heavy atom. The van der Waals surface area contributed by atoms with E-state index >= 15 is 0 Å². The van der Waals surface area contributed by atoms with Gasteiger partial charge in [-0.3, -0.25) is 0 Å². The van der Waals surface area contributed by atoms with Crippen molar-refractivity contribution < 1.29 is 5.11 Å². The first-order valence-corrected chi connectivity index (χ1v) is 8.14. The second-order valence-electron chi connectivity index (χ2n) is 5.41. The molecule has 5 nitrogen and oxygen atoms in total. The first kappa shape index (κ1) is 17.7. The van der Waals surface area contributed by atoms with Crippen molar-refractivity contribution in [3.63, 3.8) is 0 Å². The van der Waals surface area contributed by atoms with Crippen LogP contribution in [-0.4, -0.2) is 41.8 Å². The van der Waals surface area contributed by atoms with Gasteiger partial charge in [0.25, 0.3) is 0 Å². The van der Waals surface area contributed by atoms with E-state index in [0.717, 1.165) is 63.3 Å². The Hall–Kier alpha value is -1.36. The smallest absolute Gasteiger partial charge is 0.137 e. The minimum atomic E-state index is 0.281. The number of aromatic nitrogens is 2. The summed E-state index contributed by atoms with van der Waals surface area (Å²) >= 11 is 0. The standard InChI is InChI=1S/C16H30N4O/c1-4-9-14-15(17-10-5-2)18-13-19-16(14)20(3)11-7-6-8-12-21/h13,21H,4-12H2,1-3H3,(H,17,18,19). The van der Waals surface area contributed by atoms with Crippen LogP contribution in [0, 0.1) is 0 Å². The van der Waals surface area contributed by atoms with Gasteiger partial charge < -0.3 is 15.3 Å². The van der Waals surface area contributed by atoms with Crippen molar-refractivity contribution >= 4 is 11.6 Å². The fraction of sp³-hybridized carbons (Fsp3) is 0.750. The van der Waals surface area contributed by atoms with Gasteiger partial charge in [-0.25, -0.2) is 9.97 Å². The van der Waals surface area contributed by atoms with Gasteiger partial charge in [-0.15, -0.1) is 0 Å². The molecule has 0 bridgehead atoms. The summed E-state index contributed by atoms with van der Waals surface area (Å²) in [5.41, 5.74) is 1.22. The monoisotopic (exact) mass is 294 g/mol. The van der Waals surface area contributed by atoms with Crippen LogP contribution in [-0.2, 0) is 6.42 Å². The van der Waals surface area contributed by atoms with Crippen molar-refractivity contribution in [2.45, 2.75) is 52.4 Å². The third-order valence-electron chi connectivity index (χ3n) is 3.48. The van der Waals surface area contributed by atoms with E-state index in [1.165, 1.54) is 5.56 Å². The molecule has 0 saturated heterocycles. The van der Waals surface area contributed by atoms with Gasteiger partial charge in [-0.05, 0) is 32.1 Å². The lowest BCUT2D eigenvalue weighted by molar-refractivity contribution is 0.283. The lowest BCUT2D eigenvalue weighted by Crippen LogP contribution is -2.22. The zero-order valence-corrected chi connectivity index (χ0v) is 13.7. The summed E-state index contributed by atoms with van der Waals surface area (Å²) in [6.07, 6.45) is 7.81. The minimum Gasteiger partial charge on any atom is -0.396 e. The Morgan fingerprint density at radius 2 is 1.95 bits per heavy atom. The van der Waals surface area contributed by atoms with Crippen LogP contribution in [0.15, 0.2) is 6.33 Å². The summed E-state index contributed by atoms with van der Waals surface area (Å²) in [4.78, 5) is 11.1. The molecule has 21 heavy (non-hydrogen) atoms. The molecule has 0 spiro atoms. The number of hydrogen-bond acceptors (Lipinski definition) is 5. The Kier molecular flexibility index (Phi) is 8.74. The van der Waals surface area contributed by atoms with E-state index in [0.29, 0.717) is 0 Å². The van der Waals surface area contributed by atoms with Crippen molar-refractivity contribution in [2.24, 2.45) is 0 Å². The molecule has 1 aromatic rings. The van der Waals surface area contributed by atoms with Crippen molar-refractivity contribution in [3.8, 4) is 0 Å². The summed E-state index contributed by atoms with van der Waals surface area (Å²) in [6.45, 7) is 6.52. The molecule has 0 amide bonds. The Bertz CT molecular complexity index is 398. The Morgan fingerprint density at radius 3 is 2.62 bits per heavy atom. The van der Waals surface area contributed by atoms with Gasteiger partial charge in [0.1, 0.15) is 18.0 Å². The van der Waals surface area contributed by atoms with Gasteiger partial charge in [-0.1, -0.05) is 20.3 Å². The predicted molar refractivity (Wildman–Crippen MR) is 89.0 cm³/mol. The molecule has 0 aliphatic rings. The van der Waals surface area contributed by atoms with Crippen molar-refractivity contribution in [1.29, 1.82) is 0 Å².